The fraction of sp³-hybridized carbons (Fsp3) is 0.364. The van der Waals surface area contributed by atoms with Gasteiger partial charge in [0.15, 0.2) is 0 Å². The van der Waals surface area contributed by atoms with Crippen molar-refractivity contribution in [2.24, 2.45) is 0 Å². The van der Waals surface area contributed by atoms with E-state index in [9.17, 15) is 29.8 Å². The molecule has 12 heteroatoms. The SMILES string of the molecule is COC(=O)[C@](C)(Cl)Cc1ccc(-c2ccc(C[C@@](C)(Cl)C(=O)OC)c([N+](=O)[O-])c2)cc1[N+](=O)[O-]. The van der Waals surface area contributed by atoms with Crippen molar-refractivity contribution in [2.75, 3.05) is 14.2 Å². The second-order valence-corrected chi connectivity index (χ2v) is 9.60. The van der Waals surface area contributed by atoms with E-state index >= 15 is 0 Å². The predicted octanol–water partition coefficient (Wildman–Crippen LogP) is 4.60. The van der Waals surface area contributed by atoms with Crippen LogP contribution < -0.4 is 0 Å². The molecule has 2 aromatic carbocycles. The van der Waals surface area contributed by atoms with Crippen LogP contribution in [0.3, 0.4) is 0 Å². The number of rotatable bonds is 9. The summed E-state index contributed by atoms with van der Waals surface area (Å²) in [6, 6.07) is 8.43. The largest absolute Gasteiger partial charge is 0.468 e. The van der Waals surface area contributed by atoms with Gasteiger partial charge in [-0.3, -0.25) is 29.8 Å². The Morgan fingerprint density at radius 3 is 1.38 bits per heavy atom. The minimum absolute atomic E-state index is 0.168. The van der Waals surface area contributed by atoms with Gasteiger partial charge in [0.2, 0.25) is 0 Å². The Kier molecular flexibility index (Phi) is 8.22. The van der Waals surface area contributed by atoms with Gasteiger partial charge in [0.1, 0.15) is 9.75 Å². The molecule has 0 saturated heterocycles. The first-order valence-electron chi connectivity index (χ1n) is 9.83. The van der Waals surface area contributed by atoms with Crippen LogP contribution in [0.4, 0.5) is 11.4 Å². The van der Waals surface area contributed by atoms with Gasteiger partial charge in [-0.25, -0.2) is 0 Å². The Labute approximate surface area is 205 Å². The molecule has 2 rings (SSSR count). The maximum atomic E-state index is 11.9. The topological polar surface area (TPSA) is 139 Å². The predicted molar refractivity (Wildman–Crippen MR) is 125 cm³/mol. The molecule has 10 nitrogen and oxygen atoms in total. The number of methoxy groups -OCH3 is 2. The Balaban J connectivity index is 2.51. The van der Waals surface area contributed by atoms with Crippen molar-refractivity contribution in [3.63, 3.8) is 0 Å². The van der Waals surface area contributed by atoms with Crippen LogP contribution in [-0.2, 0) is 31.9 Å². The van der Waals surface area contributed by atoms with Gasteiger partial charge in [-0.05, 0) is 25.0 Å². The van der Waals surface area contributed by atoms with Crippen molar-refractivity contribution in [1.29, 1.82) is 0 Å². The van der Waals surface area contributed by atoms with E-state index in [1.54, 1.807) is 0 Å². The van der Waals surface area contributed by atoms with Gasteiger partial charge in [0.05, 0.1) is 24.1 Å². The van der Waals surface area contributed by atoms with Crippen molar-refractivity contribution < 1.29 is 28.9 Å². The number of hydrogen-bond donors (Lipinski definition) is 0. The Morgan fingerprint density at radius 2 is 1.12 bits per heavy atom. The molecule has 0 aliphatic heterocycles. The van der Waals surface area contributed by atoms with E-state index in [0.717, 1.165) is 14.2 Å². The molecule has 34 heavy (non-hydrogen) atoms. The van der Waals surface area contributed by atoms with Crippen LogP contribution in [0.2, 0.25) is 0 Å². The fourth-order valence-corrected chi connectivity index (χ4v) is 3.85. The Morgan fingerprint density at radius 1 is 0.794 bits per heavy atom. The lowest BCUT2D eigenvalue weighted by Crippen LogP contribution is -2.32. The van der Waals surface area contributed by atoms with Crippen molar-refractivity contribution in [2.45, 2.75) is 36.4 Å². The van der Waals surface area contributed by atoms with Gasteiger partial charge < -0.3 is 9.47 Å². The number of benzene rings is 2. The van der Waals surface area contributed by atoms with Gasteiger partial charge in [-0.1, -0.05) is 24.3 Å². The van der Waals surface area contributed by atoms with E-state index < -0.39 is 31.5 Å². The molecule has 0 N–H and O–H groups in total. The zero-order chi connectivity index (χ0) is 25.8. The van der Waals surface area contributed by atoms with Crippen molar-refractivity contribution in [3.8, 4) is 11.1 Å². The molecule has 0 amide bonds. The van der Waals surface area contributed by atoms with Gasteiger partial charge in [-0.15, -0.1) is 23.2 Å². The smallest absolute Gasteiger partial charge is 0.326 e. The molecular formula is C22H22Cl2N2O8. The summed E-state index contributed by atoms with van der Waals surface area (Å²) in [6.07, 6.45) is -0.336. The van der Waals surface area contributed by atoms with Crippen molar-refractivity contribution in [3.05, 3.63) is 67.8 Å². The lowest BCUT2D eigenvalue weighted by atomic mass is 9.93. The summed E-state index contributed by atoms with van der Waals surface area (Å²) in [5.41, 5.74) is 0.442. The molecule has 0 fully saturated rings. The summed E-state index contributed by atoms with van der Waals surface area (Å²) < 4.78 is 9.28. The van der Waals surface area contributed by atoms with E-state index in [0.29, 0.717) is 11.1 Å². The first-order chi connectivity index (χ1) is 15.7. The molecule has 0 aliphatic rings. The third kappa shape index (κ3) is 6.00. The number of nitrogens with zero attached hydrogens (tertiary/aromatic N) is 2. The lowest BCUT2D eigenvalue weighted by Gasteiger charge is -2.19. The van der Waals surface area contributed by atoms with Gasteiger partial charge >= 0.3 is 11.9 Å². The number of carbonyl (C=O) groups excluding carboxylic acids is 2. The monoisotopic (exact) mass is 512 g/mol. The molecule has 0 aliphatic carbocycles. The summed E-state index contributed by atoms with van der Waals surface area (Å²) in [5.74, 6) is -1.48. The average Bonchev–Trinajstić information content (AvgIpc) is 2.77. The van der Waals surface area contributed by atoms with E-state index in [1.165, 1.54) is 50.2 Å². The van der Waals surface area contributed by atoms with Gasteiger partial charge in [0, 0.05) is 36.1 Å². The standard InChI is InChI=1S/C22H22Cl2N2O8/c1-21(23,19(27)33-3)11-15-7-5-13(9-17(15)25(29)30)14-6-8-16(18(10-14)26(31)32)12-22(2,24)20(28)34-4/h5-10H,11-12H2,1-4H3/t21-,22-/m1/s1. The Hall–Kier alpha value is -3.24. The molecule has 0 spiro atoms. The van der Waals surface area contributed by atoms with Crippen LogP contribution in [-0.4, -0.2) is 45.8 Å². The molecule has 182 valence electrons. The first-order valence-corrected chi connectivity index (χ1v) is 10.6. The molecule has 2 aromatic rings. The summed E-state index contributed by atoms with van der Waals surface area (Å²) >= 11 is 12.4. The molecule has 0 aromatic heterocycles. The number of nitro groups is 2. The van der Waals surface area contributed by atoms with Crippen molar-refractivity contribution >= 4 is 46.5 Å². The van der Waals surface area contributed by atoms with Crippen LogP contribution >= 0.6 is 23.2 Å². The van der Waals surface area contributed by atoms with Gasteiger partial charge in [0.25, 0.3) is 11.4 Å². The van der Waals surface area contributed by atoms with Crippen LogP contribution in [0.1, 0.15) is 25.0 Å². The number of nitro benzene ring substituents is 2. The number of ether oxygens (including phenoxy) is 2. The minimum atomic E-state index is -1.52. The highest BCUT2D eigenvalue weighted by Crippen LogP contribution is 2.35. The molecular weight excluding hydrogens is 491 g/mol. The number of halogens is 2. The summed E-state index contributed by atoms with van der Waals surface area (Å²) in [4.78, 5) is 42.8. The number of alkyl halides is 2. The van der Waals surface area contributed by atoms with Gasteiger partial charge in [-0.2, -0.15) is 0 Å². The normalized spacial score (nSPS) is 14.4. The van der Waals surface area contributed by atoms with E-state index in [4.69, 9.17) is 23.2 Å². The van der Waals surface area contributed by atoms with Crippen molar-refractivity contribution in [1.82, 2.24) is 0 Å². The lowest BCUT2D eigenvalue weighted by molar-refractivity contribution is -0.385. The molecule has 0 unspecified atom stereocenters. The summed E-state index contributed by atoms with van der Waals surface area (Å²) in [5, 5.41) is 23.4. The Bertz CT molecular complexity index is 1060. The van der Waals surface area contributed by atoms with E-state index in [2.05, 4.69) is 9.47 Å². The second kappa shape index (κ2) is 10.4. The fourth-order valence-electron chi connectivity index (χ4n) is 3.41. The molecule has 2 atom stereocenters. The zero-order valence-corrected chi connectivity index (χ0v) is 20.3. The third-order valence-corrected chi connectivity index (χ3v) is 5.74. The molecule has 0 saturated carbocycles. The highest BCUT2D eigenvalue weighted by atomic mass is 35.5. The quantitative estimate of drug-likeness (QED) is 0.205. The minimum Gasteiger partial charge on any atom is -0.468 e. The number of esters is 2. The number of hydrogen-bond acceptors (Lipinski definition) is 8. The third-order valence-electron chi connectivity index (χ3n) is 5.16. The summed E-state index contributed by atoms with van der Waals surface area (Å²) in [7, 11) is 2.32. The maximum absolute atomic E-state index is 11.9. The second-order valence-electron chi connectivity index (χ2n) is 7.93. The first kappa shape index (κ1) is 27.0. The maximum Gasteiger partial charge on any atom is 0.326 e. The van der Waals surface area contributed by atoms with Crippen LogP contribution in [0.5, 0.6) is 0 Å². The van der Waals surface area contributed by atoms with E-state index in [1.807, 2.05) is 0 Å². The molecule has 0 heterocycles. The van der Waals surface area contributed by atoms with E-state index in [-0.39, 0.29) is 35.3 Å². The molecule has 0 bridgehead atoms. The van der Waals surface area contributed by atoms with Crippen LogP contribution in [0.15, 0.2) is 36.4 Å². The zero-order valence-electron chi connectivity index (χ0n) is 18.8. The van der Waals surface area contributed by atoms with Crippen LogP contribution in [0.25, 0.3) is 11.1 Å². The summed E-state index contributed by atoms with van der Waals surface area (Å²) in [6.45, 7) is 2.78. The average molecular weight is 513 g/mol. The number of carbonyl (C=O) groups is 2. The molecule has 0 radical (unpaired) electrons. The van der Waals surface area contributed by atoms with Crippen LogP contribution in [0, 0.1) is 20.2 Å². The highest BCUT2D eigenvalue weighted by molar-refractivity contribution is 6.34. The highest BCUT2D eigenvalue weighted by Gasteiger charge is 2.36.